The lowest BCUT2D eigenvalue weighted by molar-refractivity contribution is 0.0693. The van der Waals surface area contributed by atoms with Crippen molar-refractivity contribution in [2.75, 3.05) is 19.0 Å². The van der Waals surface area contributed by atoms with E-state index in [1.54, 1.807) is 0 Å². The van der Waals surface area contributed by atoms with Gasteiger partial charge in [-0.1, -0.05) is 13.8 Å². The van der Waals surface area contributed by atoms with Crippen LogP contribution in [0.2, 0.25) is 0 Å². The third kappa shape index (κ3) is 1.92. The zero-order chi connectivity index (χ0) is 13.4. The van der Waals surface area contributed by atoms with Gasteiger partial charge in [-0.15, -0.1) is 0 Å². The Morgan fingerprint density at radius 3 is 2.61 bits per heavy atom. The minimum atomic E-state index is -0.990. The number of fused-ring (bicyclic) bond motifs is 1. The Hall–Kier alpha value is -2.04. The van der Waals surface area contributed by atoms with Gasteiger partial charge in [-0.05, 0) is 12.1 Å². The topological polar surface area (TPSA) is 57.8 Å². The van der Waals surface area contributed by atoms with E-state index in [1.807, 2.05) is 55.6 Å². The molecule has 2 aromatic rings. The van der Waals surface area contributed by atoms with Gasteiger partial charge in [-0.25, -0.2) is 9.78 Å². The molecular weight excluding hydrogens is 230 g/mol. The van der Waals surface area contributed by atoms with E-state index in [-0.39, 0.29) is 11.6 Å². The zero-order valence-corrected chi connectivity index (χ0v) is 11.0. The number of rotatable bonds is 3. The molecule has 2 aromatic heterocycles. The van der Waals surface area contributed by atoms with E-state index in [0.29, 0.717) is 5.52 Å². The monoisotopic (exact) mass is 247 g/mol. The highest BCUT2D eigenvalue weighted by atomic mass is 16.4. The van der Waals surface area contributed by atoms with E-state index in [4.69, 9.17) is 0 Å². The lowest BCUT2D eigenvalue weighted by Gasteiger charge is -2.13. The maximum atomic E-state index is 11.2. The van der Waals surface area contributed by atoms with E-state index in [1.165, 1.54) is 0 Å². The van der Waals surface area contributed by atoms with Gasteiger partial charge < -0.3 is 14.4 Å². The fourth-order valence-corrected chi connectivity index (χ4v) is 1.94. The molecule has 0 bridgehead atoms. The summed E-state index contributed by atoms with van der Waals surface area (Å²) in [6.07, 6.45) is 1.87. The fourth-order valence-electron chi connectivity index (χ4n) is 1.94. The highest BCUT2D eigenvalue weighted by Gasteiger charge is 2.18. The maximum absolute atomic E-state index is 11.2. The average molecular weight is 247 g/mol. The number of nitrogens with zero attached hydrogens (tertiary/aromatic N) is 3. The molecule has 0 radical (unpaired) electrons. The number of carboxylic acids is 1. The molecule has 2 heterocycles. The van der Waals surface area contributed by atoms with Gasteiger partial charge in [0.25, 0.3) is 0 Å². The first-order valence-corrected chi connectivity index (χ1v) is 5.84. The SMILES string of the molecule is CC(C)c1nc(C(=O)O)c2cc(N(C)C)ccn12. The molecule has 18 heavy (non-hydrogen) atoms. The van der Waals surface area contributed by atoms with Gasteiger partial charge in [-0.2, -0.15) is 0 Å². The van der Waals surface area contributed by atoms with Crippen molar-refractivity contribution in [1.82, 2.24) is 9.38 Å². The predicted octanol–water partition coefficient (Wildman–Crippen LogP) is 2.22. The molecule has 0 saturated carbocycles. The van der Waals surface area contributed by atoms with Crippen molar-refractivity contribution < 1.29 is 9.90 Å². The summed E-state index contributed by atoms with van der Waals surface area (Å²) in [5, 5.41) is 9.22. The lowest BCUT2D eigenvalue weighted by atomic mass is 10.2. The largest absolute Gasteiger partial charge is 0.476 e. The second-order valence-electron chi connectivity index (χ2n) is 4.81. The quantitative estimate of drug-likeness (QED) is 0.903. The summed E-state index contributed by atoms with van der Waals surface area (Å²) < 4.78 is 1.85. The molecule has 0 amide bonds. The summed E-state index contributed by atoms with van der Waals surface area (Å²) in [6, 6.07) is 3.80. The van der Waals surface area contributed by atoms with E-state index in [0.717, 1.165) is 11.5 Å². The Morgan fingerprint density at radius 1 is 1.44 bits per heavy atom. The molecule has 0 fully saturated rings. The number of hydrogen-bond donors (Lipinski definition) is 1. The first-order valence-electron chi connectivity index (χ1n) is 5.84. The summed E-state index contributed by atoms with van der Waals surface area (Å²) in [4.78, 5) is 17.4. The van der Waals surface area contributed by atoms with Crippen LogP contribution in [0.3, 0.4) is 0 Å². The number of hydrogen-bond acceptors (Lipinski definition) is 3. The van der Waals surface area contributed by atoms with Crippen molar-refractivity contribution >= 4 is 17.2 Å². The van der Waals surface area contributed by atoms with Crippen molar-refractivity contribution in [1.29, 1.82) is 0 Å². The van der Waals surface area contributed by atoms with Gasteiger partial charge in [0.15, 0.2) is 5.69 Å². The second kappa shape index (κ2) is 4.33. The molecule has 0 aliphatic rings. The fraction of sp³-hybridized carbons (Fsp3) is 0.385. The first kappa shape index (κ1) is 12.4. The number of aromatic carboxylic acids is 1. The lowest BCUT2D eigenvalue weighted by Crippen LogP contribution is -2.09. The van der Waals surface area contributed by atoms with E-state index >= 15 is 0 Å². The highest BCUT2D eigenvalue weighted by molar-refractivity contribution is 5.94. The van der Waals surface area contributed by atoms with Crippen molar-refractivity contribution in [3.63, 3.8) is 0 Å². The summed E-state index contributed by atoms with van der Waals surface area (Å²) >= 11 is 0. The predicted molar refractivity (Wildman–Crippen MR) is 70.6 cm³/mol. The number of imidazole rings is 1. The molecule has 0 saturated heterocycles. The van der Waals surface area contributed by atoms with Crippen LogP contribution in [0.1, 0.15) is 36.1 Å². The standard InChI is InChI=1S/C13H17N3O2/c1-8(2)12-14-11(13(17)18)10-7-9(15(3)4)5-6-16(10)12/h5-8H,1-4H3,(H,17,18). The molecule has 0 unspecified atom stereocenters. The number of carboxylic acid groups (broad SMARTS) is 1. The summed E-state index contributed by atoms with van der Waals surface area (Å²) in [6.45, 7) is 4.00. The van der Waals surface area contributed by atoms with Crippen molar-refractivity contribution in [3.05, 3.63) is 29.8 Å². The van der Waals surface area contributed by atoms with E-state index in [9.17, 15) is 9.90 Å². The van der Waals surface area contributed by atoms with E-state index < -0.39 is 5.97 Å². The molecule has 0 spiro atoms. The average Bonchev–Trinajstić information content (AvgIpc) is 2.67. The third-order valence-electron chi connectivity index (χ3n) is 2.89. The van der Waals surface area contributed by atoms with Crippen molar-refractivity contribution in [2.45, 2.75) is 19.8 Å². The second-order valence-corrected chi connectivity index (χ2v) is 4.81. The number of aromatic nitrogens is 2. The van der Waals surface area contributed by atoms with Gasteiger partial charge in [-0.3, -0.25) is 0 Å². The van der Waals surface area contributed by atoms with Gasteiger partial charge in [0.2, 0.25) is 0 Å². The van der Waals surface area contributed by atoms with Gasteiger partial charge in [0, 0.05) is 31.9 Å². The Balaban J connectivity index is 2.75. The number of carbonyl (C=O) groups is 1. The van der Waals surface area contributed by atoms with Crippen LogP contribution >= 0.6 is 0 Å². The molecule has 5 heteroatoms. The van der Waals surface area contributed by atoms with Crippen LogP contribution in [0.5, 0.6) is 0 Å². The highest BCUT2D eigenvalue weighted by Crippen LogP contribution is 2.23. The Kier molecular flexibility index (Phi) is 2.98. The van der Waals surface area contributed by atoms with Crippen LogP contribution in [-0.4, -0.2) is 34.6 Å². The third-order valence-corrected chi connectivity index (χ3v) is 2.89. The van der Waals surface area contributed by atoms with Crippen LogP contribution in [-0.2, 0) is 0 Å². The Morgan fingerprint density at radius 2 is 2.11 bits per heavy atom. The zero-order valence-electron chi connectivity index (χ0n) is 11.0. The molecular formula is C13H17N3O2. The Bertz CT molecular complexity index is 600. The molecule has 2 rings (SSSR count). The molecule has 0 aliphatic carbocycles. The van der Waals surface area contributed by atoms with Crippen LogP contribution in [0.25, 0.3) is 5.52 Å². The van der Waals surface area contributed by atoms with Crippen LogP contribution in [0.4, 0.5) is 5.69 Å². The summed E-state index contributed by atoms with van der Waals surface area (Å²) in [5.74, 6) is -0.0428. The number of anilines is 1. The molecule has 0 atom stereocenters. The van der Waals surface area contributed by atoms with Crippen molar-refractivity contribution in [2.24, 2.45) is 0 Å². The normalized spacial score (nSPS) is 11.2. The molecule has 0 aliphatic heterocycles. The van der Waals surface area contributed by atoms with Gasteiger partial charge in [0.1, 0.15) is 5.82 Å². The Labute approximate surface area is 106 Å². The van der Waals surface area contributed by atoms with Gasteiger partial charge in [0.05, 0.1) is 5.52 Å². The molecule has 0 aromatic carbocycles. The van der Waals surface area contributed by atoms with Gasteiger partial charge >= 0.3 is 5.97 Å². The maximum Gasteiger partial charge on any atom is 0.356 e. The minimum Gasteiger partial charge on any atom is -0.476 e. The molecule has 5 nitrogen and oxygen atoms in total. The van der Waals surface area contributed by atoms with Crippen LogP contribution in [0.15, 0.2) is 18.3 Å². The summed E-state index contributed by atoms with van der Waals surface area (Å²) in [7, 11) is 3.85. The molecule has 1 N–H and O–H groups in total. The smallest absolute Gasteiger partial charge is 0.356 e. The molecule has 96 valence electrons. The summed E-state index contributed by atoms with van der Waals surface area (Å²) in [5.41, 5.74) is 1.71. The number of pyridine rings is 1. The first-order chi connectivity index (χ1) is 8.41. The van der Waals surface area contributed by atoms with Crippen LogP contribution < -0.4 is 4.90 Å². The van der Waals surface area contributed by atoms with Crippen molar-refractivity contribution in [3.8, 4) is 0 Å². The van der Waals surface area contributed by atoms with Crippen LogP contribution in [0, 0.1) is 0 Å². The van der Waals surface area contributed by atoms with E-state index in [2.05, 4.69) is 4.98 Å². The minimum absolute atomic E-state index is 0.113.